The molecule has 27 heavy (non-hydrogen) atoms. The van der Waals surface area contributed by atoms with E-state index >= 15 is 0 Å². The first kappa shape index (κ1) is 24.1. The maximum atomic E-state index is 13.4. The van der Waals surface area contributed by atoms with Gasteiger partial charge in [0.25, 0.3) is 0 Å². The molecule has 1 unspecified atom stereocenters. The fourth-order valence-electron chi connectivity index (χ4n) is 3.36. The fourth-order valence-corrected chi connectivity index (χ4v) is 3.36. The lowest BCUT2D eigenvalue weighted by molar-refractivity contribution is 0.0900. The number of aryl methyl sites for hydroxylation is 1. The summed E-state index contributed by atoms with van der Waals surface area (Å²) in [5.74, 6) is 1.19. The minimum Gasteiger partial charge on any atom is -0.355 e. The summed E-state index contributed by atoms with van der Waals surface area (Å²) in [5, 5.41) is 6.79. The number of guanidine groups is 1. The predicted molar refractivity (Wildman–Crippen MR) is 122 cm³/mol. The average Bonchev–Trinajstić information content (AvgIpc) is 2.62. The molecule has 1 aromatic carbocycles. The second kappa shape index (κ2) is 11.8. The first-order chi connectivity index (χ1) is 12.4. The molecular weight excluding hydrogens is 456 g/mol. The van der Waals surface area contributed by atoms with Crippen LogP contribution < -0.4 is 10.6 Å². The molecule has 2 rings (SSSR count). The first-order valence-electron chi connectivity index (χ1n) is 9.53. The summed E-state index contributed by atoms with van der Waals surface area (Å²) in [7, 11) is 3.97. The number of nitrogens with zero attached hydrogens (tertiary/aromatic N) is 3. The van der Waals surface area contributed by atoms with Gasteiger partial charge in [0.05, 0.1) is 0 Å². The Hall–Kier alpha value is -0.930. The Morgan fingerprint density at radius 3 is 2.41 bits per heavy atom. The minimum atomic E-state index is -0.164. The van der Waals surface area contributed by atoms with Crippen molar-refractivity contribution in [3.05, 3.63) is 35.1 Å². The molecule has 0 aromatic heterocycles. The topological polar surface area (TPSA) is 42.9 Å². The molecule has 0 saturated carbocycles. The number of benzene rings is 1. The van der Waals surface area contributed by atoms with E-state index in [-0.39, 0.29) is 29.8 Å². The molecule has 1 aliphatic rings. The molecule has 0 bridgehead atoms. The minimum absolute atomic E-state index is 0. The van der Waals surface area contributed by atoms with Gasteiger partial charge in [-0.3, -0.25) is 9.89 Å². The Morgan fingerprint density at radius 1 is 1.19 bits per heavy atom. The summed E-state index contributed by atoms with van der Waals surface area (Å²) >= 11 is 0. The van der Waals surface area contributed by atoms with E-state index in [0.717, 1.165) is 44.2 Å². The number of rotatable bonds is 6. The largest absolute Gasteiger partial charge is 0.355 e. The zero-order chi connectivity index (χ0) is 19.1. The summed E-state index contributed by atoms with van der Waals surface area (Å²) in [4.78, 5) is 9.28. The van der Waals surface area contributed by atoms with Gasteiger partial charge in [-0.05, 0) is 37.1 Å². The van der Waals surface area contributed by atoms with Crippen molar-refractivity contribution in [3.63, 3.8) is 0 Å². The van der Waals surface area contributed by atoms with E-state index in [1.165, 1.54) is 6.07 Å². The number of aliphatic imine (C=N–C) groups is 1. The van der Waals surface area contributed by atoms with Crippen LogP contribution in [0.15, 0.2) is 23.2 Å². The molecule has 1 saturated heterocycles. The van der Waals surface area contributed by atoms with Crippen LogP contribution in [0.1, 0.15) is 25.0 Å². The van der Waals surface area contributed by atoms with Gasteiger partial charge in [-0.25, -0.2) is 4.39 Å². The van der Waals surface area contributed by atoms with E-state index in [0.29, 0.717) is 24.1 Å². The Kier molecular flexibility index (Phi) is 10.5. The van der Waals surface area contributed by atoms with Crippen molar-refractivity contribution >= 4 is 29.9 Å². The zero-order valence-corrected chi connectivity index (χ0v) is 19.6. The van der Waals surface area contributed by atoms with Crippen LogP contribution >= 0.6 is 24.0 Å². The highest BCUT2D eigenvalue weighted by Gasteiger charge is 2.25. The third-order valence-corrected chi connectivity index (χ3v) is 5.16. The molecular formula is C20H35FIN5. The first-order valence-corrected chi connectivity index (χ1v) is 9.53. The Bertz CT molecular complexity index is 600. The SMILES string of the molecule is CN=C(NCc1ccc(F)c(C)c1)NCC(C(C)C)N1CCN(C)CC1.I. The van der Waals surface area contributed by atoms with Crippen LogP contribution in [-0.4, -0.2) is 68.6 Å². The lowest BCUT2D eigenvalue weighted by Crippen LogP contribution is -2.55. The molecule has 1 atom stereocenters. The normalized spacial score (nSPS) is 17.5. The van der Waals surface area contributed by atoms with Crippen molar-refractivity contribution < 1.29 is 4.39 Å². The Morgan fingerprint density at radius 2 is 1.85 bits per heavy atom. The average molecular weight is 491 g/mol. The zero-order valence-electron chi connectivity index (χ0n) is 17.3. The number of piperazine rings is 1. The second-order valence-corrected chi connectivity index (χ2v) is 7.54. The fraction of sp³-hybridized carbons (Fsp3) is 0.650. The maximum absolute atomic E-state index is 13.4. The second-order valence-electron chi connectivity index (χ2n) is 7.54. The summed E-state index contributed by atoms with van der Waals surface area (Å²) in [6.45, 7) is 12.3. The third kappa shape index (κ3) is 7.54. The van der Waals surface area contributed by atoms with Crippen LogP contribution in [0, 0.1) is 18.7 Å². The maximum Gasteiger partial charge on any atom is 0.191 e. The number of hydrogen-bond acceptors (Lipinski definition) is 3. The van der Waals surface area contributed by atoms with Gasteiger partial charge >= 0.3 is 0 Å². The number of likely N-dealkylation sites (N-methyl/N-ethyl adjacent to an activating group) is 1. The molecule has 1 aliphatic heterocycles. The van der Waals surface area contributed by atoms with E-state index in [4.69, 9.17) is 0 Å². The van der Waals surface area contributed by atoms with Gasteiger partial charge in [0.2, 0.25) is 0 Å². The van der Waals surface area contributed by atoms with Gasteiger partial charge in [0.1, 0.15) is 5.82 Å². The molecule has 1 heterocycles. The number of hydrogen-bond donors (Lipinski definition) is 2. The summed E-state index contributed by atoms with van der Waals surface area (Å²) in [6.07, 6.45) is 0. The van der Waals surface area contributed by atoms with Crippen LogP contribution in [0.4, 0.5) is 4.39 Å². The molecule has 2 N–H and O–H groups in total. The van der Waals surface area contributed by atoms with E-state index in [2.05, 4.69) is 46.3 Å². The van der Waals surface area contributed by atoms with Crippen molar-refractivity contribution in [2.45, 2.75) is 33.4 Å². The number of nitrogens with one attached hydrogen (secondary N) is 2. The van der Waals surface area contributed by atoms with Gasteiger partial charge in [0, 0.05) is 52.4 Å². The van der Waals surface area contributed by atoms with Gasteiger partial charge in [0.15, 0.2) is 5.96 Å². The molecule has 1 fully saturated rings. The van der Waals surface area contributed by atoms with Crippen molar-refractivity contribution in [2.75, 3.05) is 46.8 Å². The van der Waals surface area contributed by atoms with Crippen LogP contribution in [0.3, 0.4) is 0 Å². The van der Waals surface area contributed by atoms with Gasteiger partial charge in [-0.2, -0.15) is 0 Å². The summed E-state index contributed by atoms with van der Waals surface area (Å²) < 4.78 is 13.4. The van der Waals surface area contributed by atoms with Gasteiger partial charge in [-0.1, -0.05) is 26.0 Å². The number of halogens is 2. The lowest BCUT2D eigenvalue weighted by atomic mass is 10.0. The van der Waals surface area contributed by atoms with E-state index in [9.17, 15) is 4.39 Å². The molecule has 154 valence electrons. The molecule has 5 nitrogen and oxygen atoms in total. The highest BCUT2D eigenvalue weighted by atomic mass is 127. The Labute approximate surface area is 180 Å². The van der Waals surface area contributed by atoms with Gasteiger partial charge < -0.3 is 15.5 Å². The van der Waals surface area contributed by atoms with Crippen LogP contribution in [-0.2, 0) is 6.54 Å². The van der Waals surface area contributed by atoms with Crippen molar-refractivity contribution in [1.29, 1.82) is 0 Å². The lowest BCUT2D eigenvalue weighted by Gasteiger charge is -2.40. The highest BCUT2D eigenvalue weighted by molar-refractivity contribution is 14.0. The van der Waals surface area contributed by atoms with Gasteiger partial charge in [-0.15, -0.1) is 24.0 Å². The molecule has 0 aliphatic carbocycles. The predicted octanol–water partition coefficient (Wildman–Crippen LogP) is 2.69. The third-order valence-electron chi connectivity index (χ3n) is 5.16. The standard InChI is InChI=1S/C20H34FN5.HI/c1-15(2)19(26-10-8-25(5)9-11-26)14-24-20(22-4)23-13-17-6-7-18(21)16(3)12-17;/h6-7,12,15,19H,8-11,13-14H2,1-5H3,(H2,22,23,24);1H. The monoisotopic (exact) mass is 491 g/mol. The van der Waals surface area contributed by atoms with E-state index in [1.807, 2.05) is 12.1 Å². The quantitative estimate of drug-likeness (QED) is 0.365. The molecule has 0 radical (unpaired) electrons. The van der Waals surface area contributed by atoms with E-state index in [1.54, 1.807) is 14.0 Å². The van der Waals surface area contributed by atoms with Crippen molar-refractivity contribution in [3.8, 4) is 0 Å². The molecule has 1 aromatic rings. The van der Waals surface area contributed by atoms with Crippen LogP contribution in [0.5, 0.6) is 0 Å². The highest BCUT2D eigenvalue weighted by Crippen LogP contribution is 2.13. The molecule has 0 amide bonds. The summed E-state index contributed by atoms with van der Waals surface area (Å²) in [6, 6.07) is 5.68. The van der Waals surface area contributed by atoms with Crippen LogP contribution in [0.2, 0.25) is 0 Å². The smallest absolute Gasteiger partial charge is 0.191 e. The Balaban J connectivity index is 0.00000364. The molecule has 0 spiro atoms. The van der Waals surface area contributed by atoms with Crippen LogP contribution in [0.25, 0.3) is 0 Å². The molecule has 7 heteroatoms. The van der Waals surface area contributed by atoms with Crippen molar-refractivity contribution in [1.82, 2.24) is 20.4 Å². The summed E-state index contributed by atoms with van der Waals surface area (Å²) in [5.41, 5.74) is 1.72. The van der Waals surface area contributed by atoms with Crippen molar-refractivity contribution in [2.24, 2.45) is 10.9 Å². The van der Waals surface area contributed by atoms with E-state index < -0.39 is 0 Å².